The molecule has 0 aliphatic heterocycles. The highest BCUT2D eigenvalue weighted by molar-refractivity contribution is 4.54. The monoisotopic (exact) mass is 175 g/mol. The summed E-state index contributed by atoms with van der Waals surface area (Å²) in [6.45, 7) is 6.39. The summed E-state index contributed by atoms with van der Waals surface area (Å²) in [5.74, 6) is 0. The zero-order chi connectivity index (χ0) is 9.23. The normalized spacial score (nSPS) is 11.0. The Kier molecular flexibility index (Phi) is 8.88. The third-order valence-electron chi connectivity index (χ3n) is 1.94. The van der Waals surface area contributed by atoms with Gasteiger partial charge in [0.2, 0.25) is 0 Å². The Balaban J connectivity index is 3.26. The number of likely N-dealkylation sites (N-methyl/N-ethyl adjacent to an activating group) is 1. The summed E-state index contributed by atoms with van der Waals surface area (Å²) in [5.41, 5.74) is 0. The van der Waals surface area contributed by atoms with Crippen molar-refractivity contribution in [2.24, 2.45) is 0 Å². The number of aliphatic hydroxyl groups excluding tert-OH is 1. The summed E-state index contributed by atoms with van der Waals surface area (Å²) >= 11 is 0. The maximum Gasteiger partial charge on any atom is 0.0589 e. The topological polar surface area (TPSA) is 32.7 Å². The molecule has 0 fully saturated rings. The van der Waals surface area contributed by atoms with Gasteiger partial charge in [-0.05, 0) is 25.9 Å². The number of rotatable bonds is 8. The second-order valence-corrected chi connectivity index (χ2v) is 2.86. The first-order valence-electron chi connectivity index (χ1n) is 4.67. The molecule has 0 heterocycles. The lowest BCUT2D eigenvalue weighted by molar-refractivity contribution is 0.148. The highest BCUT2D eigenvalue weighted by Gasteiger charge is 1.99. The summed E-state index contributed by atoms with van der Waals surface area (Å²) in [5, 5.41) is 8.58. The zero-order valence-corrected chi connectivity index (χ0v) is 8.25. The minimum absolute atomic E-state index is 0.307. The molecule has 0 aromatic carbocycles. The van der Waals surface area contributed by atoms with Crippen LogP contribution in [-0.4, -0.2) is 50.0 Å². The molecule has 0 aromatic rings. The van der Waals surface area contributed by atoms with Crippen LogP contribution in [0.2, 0.25) is 0 Å². The average Bonchev–Trinajstić information content (AvgIpc) is 2.11. The zero-order valence-electron chi connectivity index (χ0n) is 8.25. The van der Waals surface area contributed by atoms with Crippen LogP contribution in [0.25, 0.3) is 0 Å². The molecule has 0 spiro atoms. The Bertz CT molecular complexity index is 88.6. The molecule has 12 heavy (non-hydrogen) atoms. The average molecular weight is 175 g/mol. The van der Waals surface area contributed by atoms with Crippen molar-refractivity contribution >= 4 is 0 Å². The number of nitrogens with zero attached hydrogens (tertiary/aromatic N) is 1. The van der Waals surface area contributed by atoms with E-state index in [9.17, 15) is 0 Å². The first-order chi connectivity index (χ1) is 5.85. The van der Waals surface area contributed by atoms with Gasteiger partial charge >= 0.3 is 0 Å². The van der Waals surface area contributed by atoms with Crippen LogP contribution >= 0.6 is 0 Å². The highest BCUT2D eigenvalue weighted by atomic mass is 16.5. The smallest absolute Gasteiger partial charge is 0.0589 e. The van der Waals surface area contributed by atoms with Crippen LogP contribution in [0, 0.1) is 0 Å². The van der Waals surface area contributed by atoms with Crippen molar-refractivity contribution in [3.63, 3.8) is 0 Å². The predicted molar refractivity (Wildman–Crippen MR) is 50.3 cm³/mol. The van der Waals surface area contributed by atoms with E-state index in [4.69, 9.17) is 9.84 Å². The third-order valence-corrected chi connectivity index (χ3v) is 1.94. The fraction of sp³-hybridized carbons (Fsp3) is 1.00. The second kappa shape index (κ2) is 8.97. The van der Waals surface area contributed by atoms with Crippen molar-refractivity contribution in [2.75, 3.05) is 40.0 Å². The van der Waals surface area contributed by atoms with E-state index in [1.807, 2.05) is 0 Å². The van der Waals surface area contributed by atoms with Gasteiger partial charge in [-0.1, -0.05) is 6.92 Å². The Hall–Kier alpha value is -0.120. The van der Waals surface area contributed by atoms with E-state index in [-0.39, 0.29) is 0 Å². The van der Waals surface area contributed by atoms with Crippen molar-refractivity contribution in [1.29, 1.82) is 0 Å². The maximum absolute atomic E-state index is 8.58. The molecule has 3 nitrogen and oxygen atoms in total. The van der Waals surface area contributed by atoms with Crippen LogP contribution in [0.1, 0.15) is 19.8 Å². The second-order valence-electron chi connectivity index (χ2n) is 2.86. The fourth-order valence-electron chi connectivity index (χ4n) is 1.10. The minimum atomic E-state index is 0.307. The SMILES string of the molecule is CCN(CCCCO)CCOC. The molecular formula is C9H21NO2. The molecule has 0 aliphatic rings. The van der Waals surface area contributed by atoms with Crippen molar-refractivity contribution in [3.8, 4) is 0 Å². The van der Waals surface area contributed by atoms with Crippen LogP contribution in [0.5, 0.6) is 0 Å². The molecule has 0 saturated heterocycles. The molecule has 0 aromatic heterocycles. The molecule has 0 atom stereocenters. The number of hydrogen-bond donors (Lipinski definition) is 1. The Morgan fingerprint density at radius 3 is 2.50 bits per heavy atom. The molecule has 0 radical (unpaired) electrons. The molecular weight excluding hydrogens is 154 g/mol. The number of methoxy groups -OCH3 is 1. The summed E-state index contributed by atoms with van der Waals surface area (Å²) < 4.78 is 4.99. The van der Waals surface area contributed by atoms with E-state index in [2.05, 4.69) is 11.8 Å². The molecule has 0 unspecified atom stereocenters. The number of unbranched alkanes of at least 4 members (excludes halogenated alkanes) is 1. The molecule has 0 bridgehead atoms. The van der Waals surface area contributed by atoms with Gasteiger partial charge in [0, 0.05) is 20.3 Å². The molecule has 1 N–H and O–H groups in total. The van der Waals surface area contributed by atoms with Gasteiger partial charge in [-0.25, -0.2) is 0 Å². The van der Waals surface area contributed by atoms with E-state index in [1.54, 1.807) is 7.11 Å². The Morgan fingerprint density at radius 1 is 1.25 bits per heavy atom. The standard InChI is InChI=1S/C9H21NO2/c1-3-10(7-9-12-2)6-4-5-8-11/h11H,3-9H2,1-2H3. The van der Waals surface area contributed by atoms with Gasteiger partial charge in [-0.2, -0.15) is 0 Å². The van der Waals surface area contributed by atoms with Crippen LogP contribution in [0.4, 0.5) is 0 Å². The Morgan fingerprint density at radius 2 is 2.00 bits per heavy atom. The van der Waals surface area contributed by atoms with Crippen LogP contribution < -0.4 is 0 Å². The number of hydrogen-bond acceptors (Lipinski definition) is 3. The maximum atomic E-state index is 8.58. The molecule has 3 heteroatoms. The minimum Gasteiger partial charge on any atom is -0.396 e. The number of ether oxygens (including phenoxy) is 1. The van der Waals surface area contributed by atoms with Crippen LogP contribution in [0.3, 0.4) is 0 Å². The van der Waals surface area contributed by atoms with Gasteiger partial charge < -0.3 is 14.7 Å². The summed E-state index contributed by atoms with van der Waals surface area (Å²) in [6.07, 6.45) is 1.98. The van der Waals surface area contributed by atoms with Crippen LogP contribution in [-0.2, 0) is 4.74 Å². The van der Waals surface area contributed by atoms with Gasteiger partial charge in [0.25, 0.3) is 0 Å². The van der Waals surface area contributed by atoms with Crippen LogP contribution in [0.15, 0.2) is 0 Å². The van der Waals surface area contributed by atoms with Gasteiger partial charge in [-0.3, -0.25) is 0 Å². The van der Waals surface area contributed by atoms with Crippen molar-refractivity contribution < 1.29 is 9.84 Å². The van der Waals surface area contributed by atoms with Crippen molar-refractivity contribution in [2.45, 2.75) is 19.8 Å². The summed E-state index contributed by atoms with van der Waals surface area (Å²) in [7, 11) is 1.72. The molecule has 0 aliphatic carbocycles. The predicted octanol–water partition coefficient (Wildman–Crippen LogP) is 0.727. The third kappa shape index (κ3) is 6.58. The first kappa shape index (κ1) is 11.9. The van der Waals surface area contributed by atoms with Crippen molar-refractivity contribution in [1.82, 2.24) is 4.90 Å². The lowest BCUT2D eigenvalue weighted by Gasteiger charge is -2.19. The highest BCUT2D eigenvalue weighted by Crippen LogP contribution is 1.94. The van der Waals surface area contributed by atoms with Gasteiger partial charge in [0.05, 0.1) is 6.61 Å². The lowest BCUT2D eigenvalue weighted by Crippen LogP contribution is -2.28. The fourth-order valence-corrected chi connectivity index (χ4v) is 1.10. The van der Waals surface area contributed by atoms with Crippen molar-refractivity contribution in [3.05, 3.63) is 0 Å². The molecule has 0 saturated carbocycles. The van der Waals surface area contributed by atoms with E-state index < -0.39 is 0 Å². The van der Waals surface area contributed by atoms with E-state index in [0.29, 0.717) is 6.61 Å². The van der Waals surface area contributed by atoms with E-state index >= 15 is 0 Å². The summed E-state index contributed by atoms with van der Waals surface area (Å²) in [6, 6.07) is 0. The van der Waals surface area contributed by atoms with E-state index in [1.165, 1.54) is 0 Å². The van der Waals surface area contributed by atoms with Gasteiger partial charge in [0.1, 0.15) is 0 Å². The number of aliphatic hydroxyl groups is 1. The quantitative estimate of drug-likeness (QED) is 0.552. The molecule has 0 amide bonds. The lowest BCUT2D eigenvalue weighted by atomic mass is 10.3. The largest absolute Gasteiger partial charge is 0.396 e. The van der Waals surface area contributed by atoms with Gasteiger partial charge in [0.15, 0.2) is 0 Å². The van der Waals surface area contributed by atoms with E-state index in [0.717, 1.165) is 39.1 Å². The Labute approximate surface area is 75.3 Å². The molecule has 0 rings (SSSR count). The first-order valence-corrected chi connectivity index (χ1v) is 4.67. The molecule has 74 valence electrons. The summed E-state index contributed by atoms with van der Waals surface area (Å²) in [4.78, 5) is 2.33. The van der Waals surface area contributed by atoms with Gasteiger partial charge in [-0.15, -0.1) is 0 Å².